The number of rotatable bonds is 7. The number of anilines is 1. The third-order valence-electron chi connectivity index (χ3n) is 3.97. The number of nitrogens with two attached hydrogens (primary N) is 1. The predicted octanol–water partition coefficient (Wildman–Crippen LogP) is 2.26. The van der Waals surface area contributed by atoms with E-state index < -0.39 is 35.6 Å². The van der Waals surface area contributed by atoms with Crippen molar-refractivity contribution in [1.82, 2.24) is 9.78 Å². The highest BCUT2D eigenvalue weighted by Gasteiger charge is 2.32. The summed E-state index contributed by atoms with van der Waals surface area (Å²) >= 11 is 0. The summed E-state index contributed by atoms with van der Waals surface area (Å²) in [4.78, 5) is 24.4. The van der Waals surface area contributed by atoms with Gasteiger partial charge in [0.1, 0.15) is 28.7 Å². The van der Waals surface area contributed by atoms with Crippen molar-refractivity contribution >= 4 is 17.6 Å². The summed E-state index contributed by atoms with van der Waals surface area (Å²) in [5, 5.41) is 4.26. The number of hydrogen-bond acceptors (Lipinski definition) is 6. The molecule has 1 aliphatic carbocycles. The zero-order valence-corrected chi connectivity index (χ0v) is 14.0. The Hall–Kier alpha value is -2.81. The van der Waals surface area contributed by atoms with Crippen molar-refractivity contribution in [1.29, 1.82) is 0 Å². The maximum atomic E-state index is 13.6. The van der Waals surface area contributed by atoms with Gasteiger partial charge in [0.2, 0.25) is 5.78 Å². The highest BCUT2D eigenvalue weighted by molar-refractivity contribution is 6.01. The molecule has 1 aromatic heterocycles. The summed E-state index contributed by atoms with van der Waals surface area (Å²) in [6, 6.07) is 3.16. The minimum Gasteiger partial charge on any atom is -0.454 e. The minimum absolute atomic E-state index is 0.000514. The Morgan fingerprint density at radius 1 is 1.27 bits per heavy atom. The number of aromatic nitrogens is 2. The fraction of sp³-hybridized carbons (Fsp3) is 0.353. The van der Waals surface area contributed by atoms with Crippen molar-refractivity contribution in [3.63, 3.8) is 0 Å². The molecule has 0 radical (unpaired) electrons. The van der Waals surface area contributed by atoms with Crippen LogP contribution in [0, 0.1) is 11.6 Å². The molecule has 0 aliphatic heterocycles. The Balaban J connectivity index is 1.77. The van der Waals surface area contributed by atoms with Crippen LogP contribution in [0.1, 0.15) is 45.3 Å². The monoisotopic (exact) mass is 365 g/mol. The number of ketones is 1. The quantitative estimate of drug-likeness (QED) is 0.597. The summed E-state index contributed by atoms with van der Waals surface area (Å²) in [5.74, 6) is -3.81. The maximum Gasteiger partial charge on any atom is 0.344 e. The summed E-state index contributed by atoms with van der Waals surface area (Å²) in [6.07, 6.45) is 1.80. The number of carbonyl (C=O) groups is 2. The van der Waals surface area contributed by atoms with Crippen LogP contribution in [0.5, 0.6) is 0 Å². The zero-order chi connectivity index (χ0) is 18.8. The number of benzene rings is 1. The smallest absolute Gasteiger partial charge is 0.344 e. The molecular formula is C17H17F2N3O4. The third-order valence-corrected chi connectivity index (χ3v) is 3.97. The van der Waals surface area contributed by atoms with Crippen molar-refractivity contribution < 1.29 is 27.8 Å². The molecule has 26 heavy (non-hydrogen) atoms. The van der Waals surface area contributed by atoms with E-state index in [2.05, 4.69) is 5.10 Å². The highest BCUT2D eigenvalue weighted by Crippen LogP contribution is 2.37. The van der Waals surface area contributed by atoms with E-state index in [0.29, 0.717) is 0 Å². The first-order valence-electron chi connectivity index (χ1n) is 7.94. The van der Waals surface area contributed by atoms with Crippen molar-refractivity contribution in [2.24, 2.45) is 0 Å². The van der Waals surface area contributed by atoms with Gasteiger partial charge < -0.3 is 15.2 Å². The van der Waals surface area contributed by atoms with Crippen LogP contribution < -0.4 is 5.73 Å². The molecule has 7 nitrogen and oxygen atoms in total. The Bertz CT molecular complexity index is 842. The fourth-order valence-electron chi connectivity index (χ4n) is 2.59. The van der Waals surface area contributed by atoms with Gasteiger partial charge in [-0.15, -0.1) is 0 Å². The Morgan fingerprint density at radius 2 is 1.92 bits per heavy atom. The average molecular weight is 365 g/mol. The van der Waals surface area contributed by atoms with Crippen LogP contribution >= 0.6 is 0 Å². The molecule has 1 saturated carbocycles. The molecule has 0 atom stereocenters. The number of Topliss-reactive ketones (excluding diaryl/α,β-unsaturated/α-hetero) is 1. The molecule has 1 fully saturated rings. The van der Waals surface area contributed by atoms with Crippen LogP contribution in [-0.2, 0) is 16.1 Å². The number of nitrogens with zero attached hydrogens (tertiary/aromatic N) is 2. The fourth-order valence-corrected chi connectivity index (χ4v) is 2.59. The van der Waals surface area contributed by atoms with Crippen molar-refractivity contribution in [2.45, 2.75) is 25.5 Å². The lowest BCUT2D eigenvalue weighted by Gasteiger charge is -2.07. The number of esters is 1. The molecule has 2 N–H and O–H groups in total. The van der Waals surface area contributed by atoms with E-state index in [0.717, 1.165) is 31.0 Å². The summed E-state index contributed by atoms with van der Waals surface area (Å²) in [6.45, 7) is -0.790. The number of halogens is 2. The number of hydrogen-bond donors (Lipinski definition) is 1. The Kier molecular flexibility index (Phi) is 4.99. The van der Waals surface area contributed by atoms with Crippen molar-refractivity contribution in [2.75, 3.05) is 19.5 Å². The van der Waals surface area contributed by atoms with Crippen LogP contribution in [0.25, 0.3) is 0 Å². The minimum atomic E-state index is -1.02. The molecule has 0 spiro atoms. The Morgan fingerprint density at radius 3 is 2.50 bits per heavy atom. The molecule has 2 aromatic rings. The van der Waals surface area contributed by atoms with Crippen molar-refractivity contribution in [3.05, 3.63) is 46.7 Å². The second-order valence-corrected chi connectivity index (χ2v) is 5.91. The number of carbonyl (C=O) groups excluding carboxylic acids is 2. The molecule has 0 amide bonds. The first-order valence-corrected chi connectivity index (χ1v) is 7.94. The van der Waals surface area contributed by atoms with Gasteiger partial charge in [-0.2, -0.15) is 5.10 Å². The van der Waals surface area contributed by atoms with Gasteiger partial charge in [-0.3, -0.25) is 4.79 Å². The molecule has 1 aromatic carbocycles. The predicted molar refractivity (Wildman–Crippen MR) is 86.6 cm³/mol. The topological polar surface area (TPSA) is 96.4 Å². The molecule has 1 heterocycles. The highest BCUT2D eigenvalue weighted by atomic mass is 19.1. The summed E-state index contributed by atoms with van der Waals surface area (Å²) in [5.41, 5.74) is 5.51. The molecule has 3 rings (SSSR count). The van der Waals surface area contributed by atoms with Gasteiger partial charge in [0.05, 0.1) is 18.2 Å². The van der Waals surface area contributed by atoms with E-state index in [1.807, 2.05) is 0 Å². The van der Waals surface area contributed by atoms with E-state index in [1.54, 1.807) is 0 Å². The van der Waals surface area contributed by atoms with E-state index >= 15 is 0 Å². The largest absolute Gasteiger partial charge is 0.454 e. The lowest BCUT2D eigenvalue weighted by atomic mass is 10.1. The Labute approximate surface area is 147 Å². The van der Waals surface area contributed by atoms with Gasteiger partial charge in [-0.25, -0.2) is 18.3 Å². The molecule has 9 heteroatoms. The van der Waals surface area contributed by atoms with Gasteiger partial charge in [-0.1, -0.05) is 6.07 Å². The maximum absolute atomic E-state index is 13.6. The van der Waals surface area contributed by atoms with Crippen LogP contribution in [0.4, 0.5) is 14.6 Å². The average Bonchev–Trinajstić information content (AvgIpc) is 3.37. The van der Waals surface area contributed by atoms with Crippen molar-refractivity contribution in [3.8, 4) is 0 Å². The van der Waals surface area contributed by atoms with E-state index in [-0.39, 0.29) is 29.7 Å². The third kappa shape index (κ3) is 3.43. The number of ether oxygens (including phenoxy) is 2. The van der Waals surface area contributed by atoms with Crippen LogP contribution in [0.15, 0.2) is 18.2 Å². The van der Waals surface area contributed by atoms with Gasteiger partial charge >= 0.3 is 5.97 Å². The first kappa shape index (κ1) is 18.0. The second-order valence-electron chi connectivity index (χ2n) is 5.91. The summed E-state index contributed by atoms with van der Waals surface area (Å²) in [7, 11) is 1.44. The molecule has 1 aliphatic rings. The van der Waals surface area contributed by atoms with E-state index in [4.69, 9.17) is 15.2 Å². The first-order chi connectivity index (χ1) is 12.4. The van der Waals surface area contributed by atoms with Gasteiger partial charge in [0, 0.05) is 7.11 Å². The van der Waals surface area contributed by atoms with Gasteiger partial charge in [0.25, 0.3) is 0 Å². The standard InChI is InChI=1S/C17H17F2N3O4/c1-25-7-12-15(16(20)22(21-12)9-5-6-9)17(24)26-8-13(23)14-10(18)3-2-4-11(14)19/h2-4,9H,5-8,20H2,1H3. The van der Waals surface area contributed by atoms with Crippen LogP contribution in [0.3, 0.4) is 0 Å². The lowest BCUT2D eigenvalue weighted by Crippen LogP contribution is -2.18. The second kappa shape index (κ2) is 7.20. The SMILES string of the molecule is COCc1nn(C2CC2)c(N)c1C(=O)OCC(=O)c1c(F)cccc1F. The summed E-state index contributed by atoms with van der Waals surface area (Å²) < 4.78 is 38.7. The van der Waals surface area contributed by atoms with E-state index in [1.165, 1.54) is 11.8 Å². The number of nitrogen functional groups attached to an aromatic ring is 1. The molecule has 0 bridgehead atoms. The normalized spacial score (nSPS) is 13.7. The van der Waals surface area contributed by atoms with Crippen LogP contribution in [-0.4, -0.2) is 35.2 Å². The lowest BCUT2D eigenvalue weighted by molar-refractivity contribution is 0.0469. The molecule has 0 unspecified atom stereocenters. The molecule has 138 valence electrons. The van der Waals surface area contributed by atoms with E-state index in [9.17, 15) is 18.4 Å². The molecular weight excluding hydrogens is 348 g/mol. The van der Waals surface area contributed by atoms with Gasteiger partial charge in [0.15, 0.2) is 6.61 Å². The zero-order valence-electron chi connectivity index (χ0n) is 14.0. The van der Waals surface area contributed by atoms with Crippen LogP contribution in [0.2, 0.25) is 0 Å². The molecule has 0 saturated heterocycles. The number of methoxy groups -OCH3 is 1. The van der Waals surface area contributed by atoms with Gasteiger partial charge in [-0.05, 0) is 25.0 Å².